The summed E-state index contributed by atoms with van der Waals surface area (Å²) in [6.07, 6.45) is 1.09. The van der Waals surface area contributed by atoms with Gasteiger partial charge in [0.2, 0.25) is 0 Å². The quantitative estimate of drug-likeness (QED) is 0.662. The van der Waals surface area contributed by atoms with Gasteiger partial charge in [-0.2, -0.15) is 0 Å². The van der Waals surface area contributed by atoms with Gasteiger partial charge in [0, 0.05) is 16.4 Å². The van der Waals surface area contributed by atoms with E-state index in [0.717, 1.165) is 10.7 Å². The number of hydrogen-bond donors (Lipinski definition) is 1. The molecule has 2 rings (SSSR count). The Morgan fingerprint density at radius 1 is 1.00 bits per heavy atom. The van der Waals surface area contributed by atoms with Crippen LogP contribution in [0.4, 0.5) is 5.69 Å². The number of amides is 1. The van der Waals surface area contributed by atoms with E-state index in [0.29, 0.717) is 11.4 Å². The van der Waals surface area contributed by atoms with E-state index < -0.39 is 28.3 Å². The van der Waals surface area contributed by atoms with E-state index in [-0.39, 0.29) is 11.5 Å². The van der Waals surface area contributed by atoms with Crippen LogP contribution in [0.1, 0.15) is 0 Å². The lowest BCUT2D eigenvalue weighted by molar-refractivity contribution is -0.149. The van der Waals surface area contributed by atoms with Crippen molar-refractivity contribution in [2.45, 2.75) is 4.90 Å². The molecule has 0 spiro atoms. The maximum Gasteiger partial charge on any atom is 0.344 e. The van der Waals surface area contributed by atoms with Gasteiger partial charge in [-0.15, -0.1) is 0 Å². The van der Waals surface area contributed by atoms with Crippen LogP contribution in [0.5, 0.6) is 5.75 Å². The summed E-state index contributed by atoms with van der Waals surface area (Å²) in [6, 6.07) is 12.6. The summed E-state index contributed by atoms with van der Waals surface area (Å²) in [6.45, 7) is -0.797. The number of carbonyl (C=O) groups is 2. The SMILES string of the molecule is CS(=O)(=O)c1ccc(NC(=O)COC(=O)COc2ccc(Br)cc2)cc1. The predicted octanol–water partition coefficient (Wildman–Crippen LogP) is 2.41. The lowest BCUT2D eigenvalue weighted by Crippen LogP contribution is -2.23. The fourth-order valence-electron chi connectivity index (χ4n) is 1.84. The highest BCUT2D eigenvalue weighted by atomic mass is 79.9. The van der Waals surface area contributed by atoms with E-state index in [1.165, 1.54) is 24.3 Å². The molecule has 0 aliphatic carbocycles. The number of ether oxygens (including phenoxy) is 2. The van der Waals surface area contributed by atoms with E-state index in [1.54, 1.807) is 24.3 Å². The van der Waals surface area contributed by atoms with Crippen LogP contribution in [-0.4, -0.2) is 39.8 Å². The van der Waals surface area contributed by atoms with Crippen molar-refractivity contribution in [3.05, 3.63) is 53.0 Å². The molecule has 0 aliphatic rings. The summed E-state index contributed by atoms with van der Waals surface area (Å²) in [5, 5.41) is 2.50. The summed E-state index contributed by atoms with van der Waals surface area (Å²) in [5.74, 6) is -0.731. The van der Waals surface area contributed by atoms with Crippen molar-refractivity contribution in [1.82, 2.24) is 0 Å². The molecule has 9 heteroatoms. The summed E-state index contributed by atoms with van der Waals surface area (Å²) >= 11 is 3.29. The van der Waals surface area contributed by atoms with Crippen molar-refractivity contribution in [3.8, 4) is 5.75 Å². The Balaban J connectivity index is 1.75. The van der Waals surface area contributed by atoms with Crippen LogP contribution in [-0.2, 0) is 24.2 Å². The topological polar surface area (TPSA) is 98.8 Å². The fourth-order valence-corrected chi connectivity index (χ4v) is 2.74. The highest BCUT2D eigenvalue weighted by Crippen LogP contribution is 2.16. The third kappa shape index (κ3) is 6.49. The van der Waals surface area contributed by atoms with Gasteiger partial charge in [-0.05, 0) is 48.5 Å². The zero-order chi connectivity index (χ0) is 19.2. The van der Waals surface area contributed by atoms with Gasteiger partial charge in [0.05, 0.1) is 4.90 Å². The molecule has 0 bridgehead atoms. The number of nitrogens with one attached hydrogen (secondary N) is 1. The number of rotatable bonds is 7. The Kier molecular flexibility index (Phi) is 6.76. The first-order valence-corrected chi connectivity index (χ1v) is 10.1. The number of benzene rings is 2. The summed E-state index contributed by atoms with van der Waals surface area (Å²) in [5.41, 5.74) is 0.393. The van der Waals surface area contributed by atoms with Gasteiger partial charge in [0.1, 0.15) is 5.75 Å². The second-order valence-corrected chi connectivity index (χ2v) is 8.18. The Labute approximate surface area is 159 Å². The smallest absolute Gasteiger partial charge is 0.344 e. The molecule has 26 heavy (non-hydrogen) atoms. The zero-order valence-electron chi connectivity index (χ0n) is 13.8. The number of halogens is 1. The Hall–Kier alpha value is -2.39. The number of hydrogen-bond acceptors (Lipinski definition) is 6. The first kappa shape index (κ1) is 19.9. The molecule has 0 aliphatic heterocycles. The van der Waals surface area contributed by atoms with Crippen LogP contribution in [0.25, 0.3) is 0 Å². The highest BCUT2D eigenvalue weighted by Gasteiger charge is 2.10. The minimum Gasteiger partial charge on any atom is -0.482 e. The lowest BCUT2D eigenvalue weighted by Gasteiger charge is -2.08. The summed E-state index contributed by atoms with van der Waals surface area (Å²) < 4.78 is 33.7. The molecule has 0 radical (unpaired) electrons. The molecule has 2 aromatic rings. The first-order valence-electron chi connectivity index (χ1n) is 7.38. The molecule has 0 fully saturated rings. The minimum absolute atomic E-state index is 0.145. The molecule has 0 saturated heterocycles. The third-order valence-electron chi connectivity index (χ3n) is 3.10. The van der Waals surface area contributed by atoms with E-state index in [1.807, 2.05) is 0 Å². The van der Waals surface area contributed by atoms with Crippen LogP contribution in [0.15, 0.2) is 57.9 Å². The Morgan fingerprint density at radius 2 is 1.62 bits per heavy atom. The molecule has 1 amide bonds. The molecule has 0 heterocycles. The Morgan fingerprint density at radius 3 is 2.19 bits per heavy atom. The van der Waals surface area contributed by atoms with Gasteiger partial charge >= 0.3 is 5.97 Å². The molecule has 2 aromatic carbocycles. The normalized spacial score (nSPS) is 10.8. The lowest BCUT2D eigenvalue weighted by atomic mass is 10.3. The average molecular weight is 442 g/mol. The van der Waals surface area contributed by atoms with Crippen molar-refractivity contribution < 1.29 is 27.5 Å². The maximum absolute atomic E-state index is 11.8. The Bertz CT molecular complexity index is 878. The standard InChI is InChI=1S/C17H16BrNO6S/c1-26(22,23)15-8-4-13(5-9-15)19-16(20)10-25-17(21)11-24-14-6-2-12(18)3-7-14/h2-9H,10-11H2,1H3,(H,19,20). The second kappa shape index (κ2) is 8.81. The monoisotopic (exact) mass is 441 g/mol. The number of esters is 1. The molecule has 138 valence electrons. The zero-order valence-corrected chi connectivity index (χ0v) is 16.2. The predicted molar refractivity (Wildman–Crippen MR) is 98.8 cm³/mol. The van der Waals surface area contributed by atoms with Gasteiger partial charge < -0.3 is 14.8 Å². The van der Waals surface area contributed by atoms with Crippen LogP contribution in [0, 0.1) is 0 Å². The van der Waals surface area contributed by atoms with Crippen LogP contribution >= 0.6 is 15.9 Å². The molecular formula is C17H16BrNO6S. The van der Waals surface area contributed by atoms with Crippen molar-refractivity contribution in [3.63, 3.8) is 0 Å². The second-order valence-electron chi connectivity index (χ2n) is 5.25. The third-order valence-corrected chi connectivity index (χ3v) is 4.76. The van der Waals surface area contributed by atoms with E-state index in [9.17, 15) is 18.0 Å². The summed E-state index contributed by atoms with van der Waals surface area (Å²) in [7, 11) is -3.30. The van der Waals surface area contributed by atoms with E-state index >= 15 is 0 Å². The minimum atomic E-state index is -3.30. The van der Waals surface area contributed by atoms with Crippen LogP contribution in [0.2, 0.25) is 0 Å². The number of carbonyl (C=O) groups excluding carboxylic acids is 2. The fraction of sp³-hybridized carbons (Fsp3) is 0.176. The molecule has 1 N–H and O–H groups in total. The van der Waals surface area contributed by atoms with E-state index in [2.05, 4.69) is 21.2 Å². The molecule has 0 aromatic heterocycles. The van der Waals surface area contributed by atoms with Gasteiger partial charge in [0.15, 0.2) is 23.1 Å². The molecule has 7 nitrogen and oxygen atoms in total. The first-order chi connectivity index (χ1) is 12.2. The van der Waals surface area contributed by atoms with Crippen molar-refractivity contribution in [2.75, 3.05) is 24.8 Å². The number of sulfone groups is 1. The van der Waals surface area contributed by atoms with Gasteiger partial charge in [-0.25, -0.2) is 13.2 Å². The van der Waals surface area contributed by atoms with Crippen LogP contribution in [0.3, 0.4) is 0 Å². The van der Waals surface area contributed by atoms with Crippen LogP contribution < -0.4 is 10.1 Å². The van der Waals surface area contributed by atoms with Crippen molar-refractivity contribution in [2.24, 2.45) is 0 Å². The molecular weight excluding hydrogens is 426 g/mol. The van der Waals surface area contributed by atoms with Gasteiger partial charge in [-0.1, -0.05) is 15.9 Å². The maximum atomic E-state index is 11.8. The van der Waals surface area contributed by atoms with Gasteiger partial charge in [-0.3, -0.25) is 4.79 Å². The van der Waals surface area contributed by atoms with Crippen molar-refractivity contribution in [1.29, 1.82) is 0 Å². The molecule has 0 atom stereocenters. The van der Waals surface area contributed by atoms with E-state index in [4.69, 9.17) is 9.47 Å². The number of anilines is 1. The van der Waals surface area contributed by atoms with Gasteiger partial charge in [0.25, 0.3) is 5.91 Å². The highest BCUT2D eigenvalue weighted by molar-refractivity contribution is 9.10. The summed E-state index contributed by atoms with van der Waals surface area (Å²) in [4.78, 5) is 23.5. The van der Waals surface area contributed by atoms with Crippen molar-refractivity contribution >= 4 is 43.3 Å². The molecule has 0 saturated carbocycles. The average Bonchev–Trinajstić information content (AvgIpc) is 2.59. The molecule has 0 unspecified atom stereocenters. The largest absolute Gasteiger partial charge is 0.482 e.